The van der Waals surface area contributed by atoms with Gasteiger partial charge >= 0.3 is 0 Å². The maximum absolute atomic E-state index is 5.53. The van der Waals surface area contributed by atoms with Gasteiger partial charge in [-0.25, -0.2) is 9.97 Å². The van der Waals surface area contributed by atoms with Gasteiger partial charge in [0.1, 0.15) is 17.8 Å². The Morgan fingerprint density at radius 1 is 1.29 bits per heavy atom. The zero-order valence-corrected chi connectivity index (χ0v) is 8.36. The van der Waals surface area contributed by atoms with Crippen LogP contribution in [0.1, 0.15) is 13.8 Å². The van der Waals surface area contributed by atoms with Crippen molar-refractivity contribution >= 4 is 16.9 Å². The van der Waals surface area contributed by atoms with E-state index < -0.39 is 0 Å². The van der Waals surface area contributed by atoms with Crippen LogP contribution in [-0.2, 0) is 0 Å². The molecule has 0 fully saturated rings. The maximum atomic E-state index is 5.53. The molecule has 0 spiro atoms. The van der Waals surface area contributed by atoms with Crippen LogP contribution < -0.4 is 5.73 Å². The minimum atomic E-state index is 0.520. The minimum absolute atomic E-state index is 0.520. The van der Waals surface area contributed by atoms with Gasteiger partial charge in [-0.2, -0.15) is 0 Å². The molecule has 0 aliphatic heterocycles. The van der Waals surface area contributed by atoms with Crippen LogP contribution in [-0.4, -0.2) is 15.0 Å². The van der Waals surface area contributed by atoms with Crippen molar-refractivity contribution in [2.24, 2.45) is 0 Å². The third-order valence-corrected chi connectivity index (χ3v) is 1.72. The van der Waals surface area contributed by atoms with E-state index in [9.17, 15) is 0 Å². The van der Waals surface area contributed by atoms with Crippen molar-refractivity contribution < 1.29 is 0 Å². The van der Waals surface area contributed by atoms with E-state index in [1.807, 2.05) is 32.1 Å². The first-order valence-corrected chi connectivity index (χ1v) is 4.40. The average molecular weight is 190 g/mol. The molecule has 4 heteroatoms. The van der Waals surface area contributed by atoms with Crippen LogP contribution in [0, 0.1) is 0 Å². The number of nitrogens with two attached hydrogens (primary N) is 1. The Balaban J connectivity index is 0.000000213. The van der Waals surface area contributed by atoms with E-state index in [0.717, 1.165) is 11.0 Å². The van der Waals surface area contributed by atoms with Crippen molar-refractivity contribution in [3.05, 3.63) is 30.7 Å². The fourth-order valence-corrected chi connectivity index (χ4v) is 0.892. The first kappa shape index (κ1) is 10.2. The Labute approximate surface area is 82.9 Å². The van der Waals surface area contributed by atoms with E-state index >= 15 is 0 Å². The van der Waals surface area contributed by atoms with Gasteiger partial charge in [0.25, 0.3) is 0 Å². The summed E-state index contributed by atoms with van der Waals surface area (Å²) >= 11 is 0. The fourth-order valence-electron chi connectivity index (χ4n) is 0.892. The topological polar surface area (TPSA) is 67.6 Å². The molecule has 14 heavy (non-hydrogen) atoms. The van der Waals surface area contributed by atoms with Crippen molar-refractivity contribution in [1.29, 1.82) is 0 Å². The van der Waals surface area contributed by atoms with Gasteiger partial charge in [-0.05, 0) is 19.9 Å². The van der Waals surface area contributed by atoms with Crippen LogP contribution in [0.3, 0.4) is 0 Å². The van der Waals surface area contributed by atoms with Crippen molar-refractivity contribution in [3.63, 3.8) is 0 Å². The smallest absolute Gasteiger partial charge is 0.142 e. The monoisotopic (exact) mass is 190 g/mol. The molecule has 0 aliphatic carbocycles. The number of aromatic amines is 1. The minimum Gasteiger partial charge on any atom is -0.383 e. The highest BCUT2D eigenvalue weighted by Gasteiger charge is 1.97. The van der Waals surface area contributed by atoms with Gasteiger partial charge in [0.15, 0.2) is 0 Å². The lowest BCUT2D eigenvalue weighted by Gasteiger charge is -1.90. The number of nitrogens with zero attached hydrogens (tertiary/aromatic N) is 2. The molecule has 0 aliphatic rings. The lowest BCUT2D eigenvalue weighted by atomic mass is 10.4. The predicted molar refractivity (Wildman–Crippen MR) is 58.8 cm³/mol. The highest BCUT2D eigenvalue weighted by Crippen LogP contribution is 2.12. The van der Waals surface area contributed by atoms with Gasteiger partial charge < -0.3 is 10.7 Å². The zero-order chi connectivity index (χ0) is 10.4. The number of H-pyrrole nitrogens is 1. The largest absolute Gasteiger partial charge is 0.383 e. The number of hydrogen-bond acceptors (Lipinski definition) is 3. The second kappa shape index (κ2) is 5.01. The Hall–Kier alpha value is -1.84. The van der Waals surface area contributed by atoms with Crippen LogP contribution in [0.25, 0.3) is 11.0 Å². The summed E-state index contributed by atoms with van der Waals surface area (Å²) in [5.74, 6) is 0.520. The van der Waals surface area contributed by atoms with E-state index in [4.69, 9.17) is 5.73 Å². The molecule has 2 rings (SSSR count). The summed E-state index contributed by atoms with van der Waals surface area (Å²) in [7, 11) is 0. The molecule has 2 heterocycles. The maximum Gasteiger partial charge on any atom is 0.142 e. The number of nitrogens with one attached hydrogen (secondary N) is 1. The van der Waals surface area contributed by atoms with Gasteiger partial charge in [-0.3, -0.25) is 0 Å². The van der Waals surface area contributed by atoms with Crippen LogP contribution >= 0.6 is 0 Å². The Bertz CT molecular complexity index is 413. The van der Waals surface area contributed by atoms with Crippen molar-refractivity contribution in [1.82, 2.24) is 15.0 Å². The van der Waals surface area contributed by atoms with Crippen LogP contribution in [0.15, 0.2) is 30.7 Å². The summed E-state index contributed by atoms with van der Waals surface area (Å²) in [6.07, 6.45) is 7.23. The van der Waals surface area contributed by atoms with Crippen LogP contribution in [0.2, 0.25) is 0 Å². The van der Waals surface area contributed by atoms with Crippen molar-refractivity contribution in [2.75, 3.05) is 5.73 Å². The molecule has 0 aromatic carbocycles. The van der Waals surface area contributed by atoms with Crippen molar-refractivity contribution in [3.8, 4) is 0 Å². The number of allylic oxidation sites excluding steroid dienone is 2. The van der Waals surface area contributed by atoms with Gasteiger partial charge in [-0.1, -0.05) is 12.2 Å². The third-order valence-electron chi connectivity index (χ3n) is 1.72. The molecule has 0 saturated carbocycles. The Morgan fingerprint density at radius 2 is 2.00 bits per heavy atom. The first-order chi connectivity index (χ1) is 6.79. The molecule has 0 amide bonds. The standard InChI is InChI=1S/C6H6N4.C4H8/c7-5-4-1-2-8-6(4)10-3-9-5;1-3-4-2/h1-3H,(H3,7,8,9,10);3-4H,1-2H3. The summed E-state index contributed by atoms with van der Waals surface area (Å²) in [5.41, 5.74) is 6.31. The number of aromatic nitrogens is 3. The highest BCUT2D eigenvalue weighted by molar-refractivity contribution is 5.85. The SMILES string of the molecule is CC=CC.Nc1ncnc2[nH]ccc12. The summed E-state index contributed by atoms with van der Waals surface area (Å²) in [6, 6.07) is 1.85. The molecular formula is C10H14N4. The number of nitrogen functional groups attached to an aromatic ring is 1. The molecule has 74 valence electrons. The van der Waals surface area contributed by atoms with Crippen LogP contribution in [0.4, 0.5) is 5.82 Å². The second-order valence-electron chi connectivity index (χ2n) is 2.67. The summed E-state index contributed by atoms with van der Waals surface area (Å²) < 4.78 is 0. The molecule has 2 aromatic rings. The van der Waals surface area contributed by atoms with Gasteiger partial charge in [-0.15, -0.1) is 0 Å². The molecule has 2 aromatic heterocycles. The number of hydrogen-bond donors (Lipinski definition) is 2. The van der Waals surface area contributed by atoms with Gasteiger partial charge in [0, 0.05) is 6.20 Å². The lowest BCUT2D eigenvalue weighted by Crippen LogP contribution is -1.90. The Morgan fingerprint density at radius 3 is 2.57 bits per heavy atom. The van der Waals surface area contributed by atoms with E-state index in [2.05, 4.69) is 15.0 Å². The van der Waals surface area contributed by atoms with E-state index in [0.29, 0.717) is 5.82 Å². The normalized spacial score (nSPS) is 10.1. The summed E-state index contributed by atoms with van der Waals surface area (Å²) in [6.45, 7) is 4.00. The highest BCUT2D eigenvalue weighted by atomic mass is 15.0. The zero-order valence-electron chi connectivity index (χ0n) is 8.36. The second-order valence-corrected chi connectivity index (χ2v) is 2.67. The molecule has 0 atom stereocenters. The van der Waals surface area contributed by atoms with Gasteiger partial charge in [0.2, 0.25) is 0 Å². The molecule has 3 N–H and O–H groups in total. The molecule has 0 unspecified atom stereocenters. The molecule has 0 bridgehead atoms. The Kier molecular flexibility index (Phi) is 3.67. The molecular weight excluding hydrogens is 176 g/mol. The summed E-state index contributed by atoms with van der Waals surface area (Å²) in [5, 5.41) is 0.877. The van der Waals surface area contributed by atoms with Crippen LogP contribution in [0.5, 0.6) is 0 Å². The lowest BCUT2D eigenvalue weighted by molar-refractivity contribution is 1.21. The number of anilines is 1. The van der Waals surface area contributed by atoms with Gasteiger partial charge in [0.05, 0.1) is 5.39 Å². The quantitative estimate of drug-likeness (QED) is 0.625. The van der Waals surface area contributed by atoms with E-state index in [-0.39, 0.29) is 0 Å². The number of rotatable bonds is 0. The molecule has 0 radical (unpaired) electrons. The molecule has 0 saturated heterocycles. The first-order valence-electron chi connectivity index (χ1n) is 4.40. The number of fused-ring (bicyclic) bond motifs is 1. The average Bonchev–Trinajstić information content (AvgIpc) is 2.68. The van der Waals surface area contributed by atoms with E-state index in [1.165, 1.54) is 6.33 Å². The fraction of sp³-hybridized carbons (Fsp3) is 0.200. The summed E-state index contributed by atoms with van der Waals surface area (Å²) in [4.78, 5) is 10.7. The van der Waals surface area contributed by atoms with Crippen molar-refractivity contribution in [2.45, 2.75) is 13.8 Å². The molecule has 4 nitrogen and oxygen atoms in total. The van der Waals surface area contributed by atoms with E-state index in [1.54, 1.807) is 6.20 Å². The third kappa shape index (κ3) is 2.32. The predicted octanol–water partition coefficient (Wildman–Crippen LogP) is 2.12.